The molecular formula is C12H9BrClNO. The molecule has 0 aliphatic carbocycles. The zero-order valence-electron chi connectivity index (χ0n) is 8.58. The molecule has 0 aliphatic rings. The van der Waals surface area contributed by atoms with Crippen molar-refractivity contribution in [1.82, 2.24) is 4.98 Å². The van der Waals surface area contributed by atoms with Gasteiger partial charge in [-0.05, 0) is 41.1 Å². The minimum absolute atomic E-state index is 0.411. The monoisotopic (exact) mass is 297 g/mol. The highest BCUT2D eigenvalue weighted by atomic mass is 79.9. The van der Waals surface area contributed by atoms with Gasteiger partial charge in [-0.2, -0.15) is 0 Å². The molecule has 0 N–H and O–H groups in total. The van der Waals surface area contributed by atoms with E-state index in [1.54, 1.807) is 12.3 Å². The van der Waals surface area contributed by atoms with Gasteiger partial charge in [-0.25, -0.2) is 4.98 Å². The highest BCUT2D eigenvalue weighted by molar-refractivity contribution is 9.10. The van der Waals surface area contributed by atoms with E-state index in [2.05, 4.69) is 20.9 Å². The van der Waals surface area contributed by atoms with Gasteiger partial charge in [-0.3, -0.25) is 0 Å². The van der Waals surface area contributed by atoms with Crippen LogP contribution < -0.4 is 4.74 Å². The predicted molar refractivity (Wildman–Crippen MR) is 68.2 cm³/mol. The van der Waals surface area contributed by atoms with Gasteiger partial charge in [0, 0.05) is 10.7 Å². The fourth-order valence-electron chi connectivity index (χ4n) is 1.20. The standard InChI is InChI=1S/C12H9BrClNO/c1-8-2-4-10(5-3-8)16-12-11(14)6-9(13)7-15-12/h2-7H,1H3. The maximum absolute atomic E-state index is 5.99. The Morgan fingerprint density at radius 1 is 1.25 bits per heavy atom. The van der Waals surface area contributed by atoms with E-state index in [1.807, 2.05) is 31.2 Å². The molecule has 1 aromatic carbocycles. The maximum Gasteiger partial charge on any atom is 0.238 e. The van der Waals surface area contributed by atoms with E-state index >= 15 is 0 Å². The third-order valence-corrected chi connectivity index (χ3v) is 2.71. The molecule has 0 aliphatic heterocycles. The van der Waals surface area contributed by atoms with Crippen LogP contribution in [0.4, 0.5) is 0 Å². The molecule has 0 amide bonds. The summed E-state index contributed by atoms with van der Waals surface area (Å²) in [5.74, 6) is 1.14. The Morgan fingerprint density at radius 2 is 1.94 bits per heavy atom. The van der Waals surface area contributed by atoms with Crippen molar-refractivity contribution in [3.05, 3.63) is 51.6 Å². The van der Waals surface area contributed by atoms with Crippen molar-refractivity contribution in [3.63, 3.8) is 0 Å². The SMILES string of the molecule is Cc1ccc(Oc2ncc(Br)cc2Cl)cc1. The minimum Gasteiger partial charge on any atom is -0.438 e. The van der Waals surface area contributed by atoms with Gasteiger partial charge in [0.05, 0.1) is 0 Å². The fourth-order valence-corrected chi connectivity index (χ4v) is 1.86. The van der Waals surface area contributed by atoms with Crippen LogP contribution in [0.1, 0.15) is 5.56 Å². The zero-order chi connectivity index (χ0) is 11.5. The number of nitrogens with zero attached hydrogens (tertiary/aromatic N) is 1. The molecule has 0 saturated heterocycles. The zero-order valence-corrected chi connectivity index (χ0v) is 10.9. The normalized spacial score (nSPS) is 10.2. The maximum atomic E-state index is 5.99. The van der Waals surface area contributed by atoms with Crippen LogP contribution in [0, 0.1) is 6.92 Å². The Bertz CT molecular complexity index is 499. The van der Waals surface area contributed by atoms with Gasteiger partial charge >= 0.3 is 0 Å². The lowest BCUT2D eigenvalue weighted by molar-refractivity contribution is 0.463. The lowest BCUT2D eigenvalue weighted by Gasteiger charge is -2.06. The molecule has 0 saturated carbocycles. The van der Waals surface area contributed by atoms with Crippen LogP contribution in [-0.4, -0.2) is 4.98 Å². The van der Waals surface area contributed by atoms with E-state index in [0.717, 1.165) is 10.2 Å². The minimum atomic E-state index is 0.411. The Kier molecular flexibility index (Phi) is 3.46. The van der Waals surface area contributed by atoms with Crippen molar-refractivity contribution in [1.29, 1.82) is 0 Å². The van der Waals surface area contributed by atoms with Gasteiger partial charge < -0.3 is 4.74 Å². The number of halogens is 2. The molecule has 0 bridgehead atoms. The van der Waals surface area contributed by atoms with E-state index in [4.69, 9.17) is 16.3 Å². The molecule has 2 rings (SSSR count). The molecule has 0 unspecified atom stereocenters. The highest BCUT2D eigenvalue weighted by Gasteiger charge is 2.05. The first-order valence-corrected chi connectivity index (χ1v) is 5.88. The Morgan fingerprint density at radius 3 is 2.56 bits per heavy atom. The summed E-state index contributed by atoms with van der Waals surface area (Å²) >= 11 is 9.28. The van der Waals surface area contributed by atoms with E-state index in [9.17, 15) is 0 Å². The summed E-state index contributed by atoms with van der Waals surface area (Å²) in [7, 11) is 0. The first-order chi connectivity index (χ1) is 7.65. The predicted octanol–water partition coefficient (Wildman–Crippen LogP) is 4.60. The Balaban J connectivity index is 2.23. The molecule has 0 radical (unpaired) electrons. The molecule has 4 heteroatoms. The Hall–Kier alpha value is -1.06. The summed E-state index contributed by atoms with van der Waals surface area (Å²) in [4.78, 5) is 4.09. The third-order valence-electron chi connectivity index (χ3n) is 2.01. The average Bonchev–Trinajstić information content (AvgIpc) is 2.25. The lowest BCUT2D eigenvalue weighted by Crippen LogP contribution is -1.88. The number of aryl methyl sites for hydroxylation is 1. The van der Waals surface area contributed by atoms with Crippen LogP contribution in [0.3, 0.4) is 0 Å². The first-order valence-electron chi connectivity index (χ1n) is 4.71. The van der Waals surface area contributed by atoms with Crippen molar-refractivity contribution in [2.24, 2.45) is 0 Å². The molecule has 1 aromatic heterocycles. The van der Waals surface area contributed by atoms with Crippen molar-refractivity contribution >= 4 is 27.5 Å². The lowest BCUT2D eigenvalue weighted by atomic mass is 10.2. The number of hydrogen-bond donors (Lipinski definition) is 0. The molecule has 82 valence electrons. The number of benzene rings is 1. The fraction of sp³-hybridized carbons (Fsp3) is 0.0833. The van der Waals surface area contributed by atoms with Gasteiger partial charge in [0.2, 0.25) is 5.88 Å². The van der Waals surface area contributed by atoms with E-state index in [-0.39, 0.29) is 0 Å². The molecule has 2 aromatic rings. The quantitative estimate of drug-likeness (QED) is 0.808. The van der Waals surface area contributed by atoms with Gasteiger partial charge in [-0.15, -0.1) is 0 Å². The number of hydrogen-bond acceptors (Lipinski definition) is 2. The van der Waals surface area contributed by atoms with Crippen LogP contribution >= 0.6 is 27.5 Å². The van der Waals surface area contributed by atoms with Gasteiger partial charge in [-0.1, -0.05) is 29.3 Å². The Labute approximate surface area is 107 Å². The van der Waals surface area contributed by atoms with Crippen LogP contribution in [0.5, 0.6) is 11.6 Å². The van der Waals surface area contributed by atoms with Crippen LogP contribution in [0.2, 0.25) is 5.02 Å². The number of rotatable bonds is 2. The van der Waals surface area contributed by atoms with Gasteiger partial charge in [0.25, 0.3) is 0 Å². The molecule has 0 fully saturated rings. The number of aromatic nitrogens is 1. The van der Waals surface area contributed by atoms with Gasteiger partial charge in [0.1, 0.15) is 10.8 Å². The third kappa shape index (κ3) is 2.74. The van der Waals surface area contributed by atoms with Gasteiger partial charge in [0.15, 0.2) is 0 Å². The van der Waals surface area contributed by atoms with Crippen molar-refractivity contribution in [3.8, 4) is 11.6 Å². The average molecular weight is 299 g/mol. The summed E-state index contributed by atoms with van der Waals surface area (Å²) in [6.45, 7) is 2.02. The summed E-state index contributed by atoms with van der Waals surface area (Å²) in [5.41, 5.74) is 1.18. The van der Waals surface area contributed by atoms with Crippen LogP contribution in [-0.2, 0) is 0 Å². The topological polar surface area (TPSA) is 22.1 Å². The summed E-state index contributed by atoms with van der Waals surface area (Å²) in [6, 6.07) is 9.47. The van der Waals surface area contributed by atoms with Crippen molar-refractivity contribution < 1.29 is 4.74 Å². The van der Waals surface area contributed by atoms with Crippen molar-refractivity contribution in [2.75, 3.05) is 0 Å². The second-order valence-corrected chi connectivity index (χ2v) is 4.68. The van der Waals surface area contributed by atoms with E-state index in [0.29, 0.717) is 10.9 Å². The summed E-state index contributed by atoms with van der Waals surface area (Å²) in [6.07, 6.45) is 1.65. The second kappa shape index (κ2) is 4.85. The molecule has 0 atom stereocenters. The molecule has 16 heavy (non-hydrogen) atoms. The summed E-state index contributed by atoms with van der Waals surface area (Å²) < 4.78 is 6.38. The van der Waals surface area contributed by atoms with E-state index in [1.165, 1.54) is 5.56 Å². The van der Waals surface area contributed by atoms with Crippen molar-refractivity contribution in [2.45, 2.75) is 6.92 Å². The van der Waals surface area contributed by atoms with E-state index < -0.39 is 0 Å². The van der Waals surface area contributed by atoms with Crippen LogP contribution in [0.25, 0.3) is 0 Å². The molecular weight excluding hydrogens is 289 g/mol. The summed E-state index contributed by atoms with van der Waals surface area (Å²) in [5, 5.41) is 0.481. The highest BCUT2D eigenvalue weighted by Crippen LogP contribution is 2.29. The molecule has 1 heterocycles. The number of ether oxygens (including phenoxy) is 1. The second-order valence-electron chi connectivity index (χ2n) is 3.36. The largest absolute Gasteiger partial charge is 0.438 e. The number of pyridine rings is 1. The van der Waals surface area contributed by atoms with Crippen LogP contribution in [0.15, 0.2) is 41.0 Å². The molecule has 2 nitrogen and oxygen atoms in total. The molecule has 0 spiro atoms. The first kappa shape index (κ1) is 11.4. The smallest absolute Gasteiger partial charge is 0.238 e.